The van der Waals surface area contributed by atoms with E-state index >= 15 is 0 Å². The van der Waals surface area contributed by atoms with Crippen LogP contribution in [0, 0.1) is 0 Å². The second-order valence-electron chi connectivity index (χ2n) is 5.46. The van der Waals surface area contributed by atoms with E-state index in [4.69, 9.17) is 16.0 Å². The fourth-order valence-electron chi connectivity index (χ4n) is 2.77. The molecule has 0 saturated carbocycles. The van der Waals surface area contributed by atoms with Gasteiger partial charge in [-0.1, -0.05) is 23.7 Å². The first kappa shape index (κ1) is 14.1. The van der Waals surface area contributed by atoms with E-state index in [9.17, 15) is 4.79 Å². The molecule has 0 unspecified atom stereocenters. The third-order valence-electron chi connectivity index (χ3n) is 3.94. The summed E-state index contributed by atoms with van der Waals surface area (Å²) in [4.78, 5) is 23.5. The molecule has 2 aliphatic rings. The van der Waals surface area contributed by atoms with Gasteiger partial charge in [-0.15, -0.1) is 10.2 Å². The van der Waals surface area contributed by atoms with Gasteiger partial charge in [-0.2, -0.15) is 0 Å². The lowest BCUT2D eigenvalue weighted by molar-refractivity contribution is 0.530. The van der Waals surface area contributed by atoms with Crippen molar-refractivity contribution in [2.75, 3.05) is 0 Å². The second-order valence-corrected chi connectivity index (χ2v) is 5.87. The highest BCUT2D eigenvalue weighted by molar-refractivity contribution is 6.35. The monoisotopic (exact) mass is 349 g/mol. The van der Waals surface area contributed by atoms with Crippen LogP contribution < -0.4 is 5.56 Å². The normalized spacial score (nSPS) is 11.6. The number of nitrogens with zero attached hydrogens (tertiary/aromatic N) is 4. The van der Waals surface area contributed by atoms with E-state index in [0.29, 0.717) is 21.9 Å². The first-order valence-electron chi connectivity index (χ1n) is 7.40. The van der Waals surface area contributed by atoms with Crippen LogP contribution in [0.4, 0.5) is 0 Å². The lowest BCUT2D eigenvalue weighted by Crippen LogP contribution is -2.10. The van der Waals surface area contributed by atoms with E-state index in [-0.39, 0.29) is 22.9 Å². The van der Waals surface area contributed by atoms with Crippen molar-refractivity contribution in [2.24, 2.45) is 0 Å². The molecule has 0 radical (unpaired) electrons. The number of nitrogens with one attached hydrogen (secondary N) is 1. The van der Waals surface area contributed by atoms with Crippen molar-refractivity contribution in [3.05, 3.63) is 58.0 Å². The maximum atomic E-state index is 12.3. The van der Waals surface area contributed by atoms with Gasteiger partial charge >= 0.3 is 0 Å². The summed E-state index contributed by atoms with van der Waals surface area (Å²) in [6, 6.07) is 10.7. The zero-order valence-corrected chi connectivity index (χ0v) is 13.3. The molecule has 0 atom stereocenters. The van der Waals surface area contributed by atoms with Gasteiger partial charge in [-0.25, -0.2) is 9.97 Å². The van der Waals surface area contributed by atoms with Gasteiger partial charge in [0, 0.05) is 17.0 Å². The molecule has 1 aromatic carbocycles. The van der Waals surface area contributed by atoms with Gasteiger partial charge in [-0.3, -0.25) is 4.79 Å². The van der Waals surface area contributed by atoms with Crippen molar-refractivity contribution in [2.45, 2.75) is 0 Å². The van der Waals surface area contributed by atoms with Crippen LogP contribution in [0.3, 0.4) is 0 Å². The molecule has 0 fully saturated rings. The van der Waals surface area contributed by atoms with Crippen LogP contribution in [0.15, 0.2) is 51.8 Å². The molecular formula is C17H8ClN5O2. The summed E-state index contributed by atoms with van der Waals surface area (Å²) >= 11 is 6.16. The van der Waals surface area contributed by atoms with Crippen LogP contribution in [0.5, 0.6) is 0 Å². The Morgan fingerprint density at radius 1 is 1.08 bits per heavy atom. The maximum Gasteiger partial charge on any atom is 0.262 e. The van der Waals surface area contributed by atoms with Crippen LogP contribution in [0.2, 0.25) is 5.02 Å². The molecule has 25 heavy (non-hydrogen) atoms. The van der Waals surface area contributed by atoms with Crippen molar-refractivity contribution in [3.63, 3.8) is 0 Å². The highest BCUT2D eigenvalue weighted by atomic mass is 35.5. The number of fused-ring (bicyclic) bond motifs is 4. The highest BCUT2D eigenvalue weighted by Crippen LogP contribution is 2.33. The van der Waals surface area contributed by atoms with Crippen LogP contribution in [0.1, 0.15) is 0 Å². The lowest BCUT2D eigenvalue weighted by Gasteiger charge is -2.02. The average molecular weight is 350 g/mol. The van der Waals surface area contributed by atoms with Gasteiger partial charge in [0.15, 0.2) is 5.69 Å². The van der Waals surface area contributed by atoms with E-state index in [1.807, 2.05) is 18.2 Å². The maximum absolute atomic E-state index is 12.3. The quantitative estimate of drug-likeness (QED) is 0.498. The third-order valence-corrected chi connectivity index (χ3v) is 4.24. The Morgan fingerprint density at radius 3 is 2.92 bits per heavy atom. The average Bonchev–Trinajstić information content (AvgIpc) is 3.00. The Labute approximate surface area is 144 Å². The van der Waals surface area contributed by atoms with Crippen LogP contribution in [0.25, 0.3) is 45.0 Å². The topological polar surface area (TPSA) is 97.6 Å². The van der Waals surface area contributed by atoms with Crippen molar-refractivity contribution in [3.8, 4) is 23.0 Å². The number of para-hydroxylation sites is 1. The number of aromatic amines is 1. The van der Waals surface area contributed by atoms with Crippen molar-refractivity contribution in [1.29, 1.82) is 0 Å². The summed E-state index contributed by atoms with van der Waals surface area (Å²) in [7, 11) is 0. The van der Waals surface area contributed by atoms with Gasteiger partial charge < -0.3 is 9.40 Å². The SMILES string of the molecule is O=c1[nH]c2ncccc2cc1-c1nnc2c3cccc(Cl)c3nc-2o1. The molecule has 0 spiro atoms. The Hall–Kier alpha value is -3.32. The van der Waals surface area contributed by atoms with Crippen molar-refractivity contribution in [1.82, 2.24) is 25.1 Å². The van der Waals surface area contributed by atoms with E-state index < -0.39 is 0 Å². The molecule has 0 bridgehead atoms. The first-order chi connectivity index (χ1) is 12.2. The number of hydrogen-bond acceptors (Lipinski definition) is 6. The Balaban J connectivity index is 1.78. The molecule has 0 aliphatic carbocycles. The number of benzene rings is 1. The van der Waals surface area contributed by atoms with Crippen LogP contribution in [-0.4, -0.2) is 25.1 Å². The van der Waals surface area contributed by atoms with E-state index in [2.05, 4.69) is 25.1 Å². The number of halogens is 1. The minimum atomic E-state index is -0.363. The van der Waals surface area contributed by atoms with E-state index in [1.54, 1.807) is 24.4 Å². The van der Waals surface area contributed by atoms with Crippen molar-refractivity contribution >= 4 is 33.5 Å². The molecule has 1 N–H and O–H groups in total. The molecule has 0 saturated heterocycles. The van der Waals surface area contributed by atoms with Crippen molar-refractivity contribution < 1.29 is 4.42 Å². The molecule has 5 rings (SSSR count). The number of H-pyrrole nitrogens is 1. The van der Waals surface area contributed by atoms with Crippen LogP contribution >= 0.6 is 11.6 Å². The van der Waals surface area contributed by atoms with Gasteiger partial charge in [-0.05, 0) is 24.3 Å². The largest absolute Gasteiger partial charge is 0.416 e. The fourth-order valence-corrected chi connectivity index (χ4v) is 2.98. The van der Waals surface area contributed by atoms with Gasteiger partial charge in [0.2, 0.25) is 0 Å². The summed E-state index contributed by atoms with van der Waals surface area (Å²) in [5.41, 5.74) is 1.48. The number of aromatic nitrogens is 5. The summed E-state index contributed by atoms with van der Waals surface area (Å²) in [5, 5.41) is 10.2. The Morgan fingerprint density at radius 2 is 2.00 bits per heavy atom. The number of pyridine rings is 2. The van der Waals surface area contributed by atoms with Crippen LogP contribution in [-0.2, 0) is 0 Å². The smallest absolute Gasteiger partial charge is 0.262 e. The lowest BCUT2D eigenvalue weighted by atomic mass is 10.2. The predicted molar refractivity (Wildman–Crippen MR) is 92.6 cm³/mol. The molecule has 7 nitrogen and oxygen atoms in total. The molecule has 0 amide bonds. The molecule has 4 heterocycles. The molecule has 2 aromatic heterocycles. The highest BCUT2D eigenvalue weighted by Gasteiger charge is 2.21. The zero-order valence-electron chi connectivity index (χ0n) is 12.5. The minimum Gasteiger partial charge on any atom is -0.416 e. The van der Waals surface area contributed by atoms with E-state index in [0.717, 1.165) is 10.8 Å². The zero-order chi connectivity index (χ0) is 17.0. The number of hydrogen-bond donors (Lipinski definition) is 1. The standard InChI is InChI=1S/C17H8ClN5O2/c18-11-5-1-4-9-12(11)20-17-13(9)22-23-16(25-17)10-7-8-3-2-6-19-14(8)21-15(10)24/h1-7H,(H,19,21,24). The first-order valence-corrected chi connectivity index (χ1v) is 7.78. The molecule has 8 heteroatoms. The summed E-state index contributed by atoms with van der Waals surface area (Å²) in [6.45, 7) is 0. The third kappa shape index (κ3) is 2.10. The van der Waals surface area contributed by atoms with Gasteiger partial charge in [0.1, 0.15) is 11.2 Å². The summed E-state index contributed by atoms with van der Waals surface area (Å²) < 4.78 is 5.73. The minimum absolute atomic E-state index is 0.0819. The fraction of sp³-hybridized carbons (Fsp3) is 0. The summed E-state index contributed by atoms with van der Waals surface area (Å²) in [5.74, 6) is 0.359. The molecule has 3 aromatic rings. The Bertz CT molecular complexity index is 1290. The van der Waals surface area contributed by atoms with Gasteiger partial charge in [0.25, 0.3) is 17.3 Å². The molecule has 2 aliphatic heterocycles. The molecular weight excluding hydrogens is 342 g/mol. The summed E-state index contributed by atoms with van der Waals surface area (Å²) in [6.07, 6.45) is 1.61. The predicted octanol–water partition coefficient (Wildman–Crippen LogP) is 3.28. The van der Waals surface area contributed by atoms with Gasteiger partial charge in [0.05, 0.1) is 10.5 Å². The number of rotatable bonds is 1. The molecule has 120 valence electrons. The second kappa shape index (κ2) is 5.09. The Kier molecular flexibility index (Phi) is 2.86. The van der Waals surface area contributed by atoms with E-state index in [1.165, 1.54) is 0 Å².